The number of carbonyl (C=O) groups excluding carboxylic acids is 2. The van der Waals surface area contributed by atoms with Crippen LogP contribution in [0.15, 0.2) is 0 Å². The van der Waals surface area contributed by atoms with Crippen molar-refractivity contribution >= 4 is 11.8 Å². The van der Waals surface area contributed by atoms with Crippen molar-refractivity contribution in [2.24, 2.45) is 28.9 Å². The Bertz CT molecular complexity index is 848. The second kappa shape index (κ2) is 15.0. The van der Waals surface area contributed by atoms with Crippen LogP contribution in [-0.2, 0) is 19.1 Å². The van der Waals surface area contributed by atoms with Gasteiger partial charge in [0.15, 0.2) is 5.78 Å². The number of nitrogens with one attached hydrogen (secondary N) is 1. The number of esters is 1. The van der Waals surface area contributed by atoms with Gasteiger partial charge in [0.2, 0.25) is 0 Å². The van der Waals surface area contributed by atoms with Crippen molar-refractivity contribution in [1.82, 2.24) is 10.2 Å². The number of hydrogen-bond acceptors (Lipinski definition) is 9. The van der Waals surface area contributed by atoms with Crippen molar-refractivity contribution in [3.8, 4) is 0 Å². The molecule has 0 unspecified atom stereocenters. The van der Waals surface area contributed by atoms with E-state index in [2.05, 4.69) is 12.2 Å². The monoisotopic (exact) mass is 589 g/mol. The predicted octanol–water partition coefficient (Wildman–Crippen LogP) is 3.09. The van der Waals surface area contributed by atoms with Crippen LogP contribution in [0.3, 0.4) is 0 Å². The lowest BCUT2D eigenvalue weighted by Crippen LogP contribution is -2.59. The van der Waals surface area contributed by atoms with E-state index in [9.17, 15) is 19.8 Å². The minimum absolute atomic E-state index is 0.0451. The number of rotatable bonds is 8. The maximum absolute atomic E-state index is 16.2. The topological polar surface area (TPSA) is 134 Å². The number of nitrogens with zero attached hydrogens (tertiary/aromatic N) is 1. The van der Waals surface area contributed by atoms with Crippen LogP contribution in [0.5, 0.6) is 0 Å². The van der Waals surface area contributed by atoms with E-state index in [4.69, 9.17) is 15.2 Å². The van der Waals surface area contributed by atoms with Crippen molar-refractivity contribution in [3.63, 3.8) is 0 Å². The summed E-state index contributed by atoms with van der Waals surface area (Å²) in [5.41, 5.74) is -0.595. The van der Waals surface area contributed by atoms with Gasteiger partial charge >= 0.3 is 5.97 Å². The minimum atomic E-state index is -2.96. The lowest BCUT2D eigenvalue weighted by atomic mass is 9.61. The van der Waals surface area contributed by atoms with E-state index in [1.807, 2.05) is 39.6 Å². The number of ether oxygens (including phenoxy) is 2. The number of cyclic esters (lactones) is 1. The van der Waals surface area contributed by atoms with E-state index in [0.29, 0.717) is 32.7 Å². The summed E-state index contributed by atoms with van der Waals surface area (Å²) in [7, 11) is 1.87. The Kier molecular flexibility index (Phi) is 13.9. The Hall–Kier alpha value is -1.17. The van der Waals surface area contributed by atoms with Crippen molar-refractivity contribution in [3.05, 3.63) is 0 Å². The largest absolute Gasteiger partial charge is 0.457 e. The maximum atomic E-state index is 16.2. The van der Waals surface area contributed by atoms with Crippen LogP contribution in [-0.4, -0.2) is 102 Å². The Morgan fingerprint density at radius 3 is 2.27 bits per heavy atom. The molecule has 0 radical (unpaired) electrons. The molecule has 9 nitrogen and oxygen atoms in total. The first-order valence-corrected chi connectivity index (χ1v) is 15.3. The number of carbonyl (C=O) groups is 2. The molecule has 0 amide bonds. The van der Waals surface area contributed by atoms with Gasteiger partial charge in [-0.1, -0.05) is 41.5 Å². The third-order valence-corrected chi connectivity index (χ3v) is 9.00. The SMILES string of the molecule is CC[C@H]1OC(=O)[C@@](C)(F)C(=O)[C@H](C)[C@@H](C(C)(C)C)[C@](C)(OCCNCCCN)C[C@@H](C)CN(C)[C@H](C)[C@@H](O)[C@]1(C)O. The first-order valence-electron chi connectivity index (χ1n) is 15.3. The fraction of sp³-hybridized carbons (Fsp3) is 0.935. The van der Waals surface area contributed by atoms with Crippen LogP contribution in [0.1, 0.15) is 88.5 Å². The molecule has 41 heavy (non-hydrogen) atoms. The number of ketones is 1. The van der Waals surface area contributed by atoms with Gasteiger partial charge in [-0.3, -0.25) is 4.79 Å². The average molecular weight is 590 g/mol. The molecule has 10 heteroatoms. The number of hydrogen-bond donors (Lipinski definition) is 4. The number of aliphatic hydroxyl groups is 2. The molecular weight excluding hydrogens is 529 g/mol. The summed E-state index contributed by atoms with van der Waals surface area (Å²) in [6.45, 7) is 20.4. The normalized spacial score (nSPS) is 39.2. The van der Waals surface area contributed by atoms with Crippen molar-refractivity contribution in [2.75, 3.05) is 39.8 Å². The van der Waals surface area contributed by atoms with E-state index in [1.54, 1.807) is 20.8 Å². The molecule has 1 rings (SSSR count). The highest BCUT2D eigenvalue weighted by atomic mass is 19.1. The number of nitrogens with two attached hydrogens (primary N) is 1. The number of alkyl halides is 1. The Morgan fingerprint density at radius 2 is 1.76 bits per heavy atom. The van der Waals surface area contributed by atoms with Crippen LogP contribution in [0.25, 0.3) is 0 Å². The quantitative estimate of drug-likeness (QED) is 0.191. The molecule has 1 aliphatic rings. The summed E-state index contributed by atoms with van der Waals surface area (Å²) in [5.74, 6) is -3.56. The standard InChI is InChI=1S/C31H60FN3O6/c1-12-23-31(10,39)26(37)22(4)35(11)19-20(2)18-29(8,40-17-16-34-15-13-14-33)24(28(5,6)7)21(3)25(36)30(9,32)27(38)41-23/h20-24,26,34,37,39H,12-19,33H2,1-11H3/t20-,21-,22-,23-,24+,26-,29-,30+,31-/m1/s1. The Labute approximate surface area is 248 Å². The zero-order valence-corrected chi connectivity index (χ0v) is 27.6. The molecule has 1 aliphatic heterocycles. The highest BCUT2D eigenvalue weighted by Gasteiger charge is 2.55. The first-order chi connectivity index (χ1) is 18.7. The molecule has 1 fully saturated rings. The molecule has 0 aromatic carbocycles. The molecule has 1 saturated heterocycles. The van der Waals surface area contributed by atoms with Gasteiger partial charge in [0.25, 0.3) is 5.67 Å². The van der Waals surface area contributed by atoms with Crippen LogP contribution in [0.4, 0.5) is 4.39 Å². The fourth-order valence-corrected chi connectivity index (χ4v) is 7.05. The fourth-order valence-electron chi connectivity index (χ4n) is 7.05. The highest BCUT2D eigenvalue weighted by Crippen LogP contribution is 2.47. The number of aliphatic hydroxyl groups excluding tert-OH is 1. The number of likely N-dealkylation sites (N-methyl/N-ethyl adjacent to an activating group) is 1. The summed E-state index contributed by atoms with van der Waals surface area (Å²) in [6, 6.07) is -0.514. The minimum Gasteiger partial charge on any atom is -0.457 e. The summed E-state index contributed by atoms with van der Waals surface area (Å²) < 4.78 is 28.3. The van der Waals surface area contributed by atoms with Gasteiger partial charge in [-0.25, -0.2) is 9.18 Å². The molecule has 0 bridgehead atoms. The summed E-state index contributed by atoms with van der Waals surface area (Å²) in [6.07, 6.45) is -1.02. The molecule has 242 valence electrons. The van der Waals surface area contributed by atoms with Gasteiger partial charge in [-0.15, -0.1) is 0 Å². The molecule has 0 saturated carbocycles. The van der Waals surface area contributed by atoms with Gasteiger partial charge in [0.1, 0.15) is 17.8 Å². The van der Waals surface area contributed by atoms with E-state index in [-0.39, 0.29) is 12.3 Å². The number of halogens is 1. The first kappa shape index (κ1) is 37.9. The summed E-state index contributed by atoms with van der Waals surface area (Å²) in [5, 5.41) is 25.9. The van der Waals surface area contributed by atoms with Crippen molar-refractivity contribution < 1.29 is 33.7 Å². The molecule has 0 aromatic rings. The predicted molar refractivity (Wildman–Crippen MR) is 160 cm³/mol. The van der Waals surface area contributed by atoms with E-state index < -0.39 is 64.1 Å². The van der Waals surface area contributed by atoms with Gasteiger partial charge in [-0.05, 0) is 78.4 Å². The van der Waals surface area contributed by atoms with Gasteiger partial charge < -0.3 is 35.6 Å². The summed E-state index contributed by atoms with van der Waals surface area (Å²) in [4.78, 5) is 29.0. The van der Waals surface area contributed by atoms with Gasteiger partial charge in [0, 0.05) is 31.0 Å². The zero-order valence-electron chi connectivity index (χ0n) is 27.6. The second-order valence-corrected chi connectivity index (χ2v) is 14.0. The van der Waals surface area contributed by atoms with Crippen molar-refractivity contribution in [1.29, 1.82) is 0 Å². The molecule has 9 atom stereocenters. The smallest absolute Gasteiger partial charge is 0.351 e. The molecule has 0 spiro atoms. The lowest BCUT2D eigenvalue weighted by Gasteiger charge is -2.49. The van der Waals surface area contributed by atoms with Gasteiger partial charge in [-0.2, -0.15) is 0 Å². The maximum Gasteiger partial charge on any atom is 0.351 e. The number of Topliss-reactive ketones (excluding diaryl/α,β-unsaturated/α-hetero) is 1. The molecule has 5 N–H and O–H groups in total. The molecule has 0 aromatic heterocycles. The van der Waals surface area contributed by atoms with Crippen LogP contribution >= 0.6 is 0 Å². The van der Waals surface area contributed by atoms with Crippen molar-refractivity contribution in [2.45, 2.75) is 124 Å². The lowest BCUT2D eigenvalue weighted by molar-refractivity contribution is -0.196. The van der Waals surface area contributed by atoms with Crippen LogP contribution < -0.4 is 11.1 Å². The molecule has 1 heterocycles. The highest BCUT2D eigenvalue weighted by molar-refractivity contribution is 6.07. The van der Waals surface area contributed by atoms with E-state index >= 15 is 4.39 Å². The van der Waals surface area contributed by atoms with E-state index in [0.717, 1.165) is 19.9 Å². The third-order valence-electron chi connectivity index (χ3n) is 9.00. The summed E-state index contributed by atoms with van der Waals surface area (Å²) >= 11 is 0. The Morgan fingerprint density at radius 1 is 1.17 bits per heavy atom. The average Bonchev–Trinajstić information content (AvgIpc) is 2.85. The van der Waals surface area contributed by atoms with Crippen LogP contribution in [0.2, 0.25) is 0 Å². The Balaban J connectivity index is 3.66. The second-order valence-electron chi connectivity index (χ2n) is 14.0. The van der Waals surface area contributed by atoms with Gasteiger partial charge in [0.05, 0.1) is 12.2 Å². The molecular formula is C31H60FN3O6. The van der Waals surface area contributed by atoms with Crippen LogP contribution in [0, 0.1) is 23.2 Å². The molecule has 0 aliphatic carbocycles. The van der Waals surface area contributed by atoms with E-state index in [1.165, 1.54) is 6.92 Å². The third kappa shape index (κ3) is 9.41. The zero-order chi connectivity index (χ0) is 32.0.